The first-order valence-corrected chi connectivity index (χ1v) is 19.8. The molecule has 0 N–H and O–H groups in total. The third kappa shape index (κ3) is 3.32. The number of hydrogen-bond acceptors (Lipinski definition) is 0. The Bertz CT molecular complexity index is 3030. The maximum atomic E-state index is 2.56. The van der Waals surface area contributed by atoms with Gasteiger partial charge in [0, 0.05) is 32.9 Å². The van der Waals surface area contributed by atoms with E-state index in [0.717, 1.165) is 0 Å². The Labute approximate surface area is 296 Å². The first-order chi connectivity index (χ1) is 25.3. The molecule has 0 bridgehead atoms. The van der Waals surface area contributed by atoms with Gasteiger partial charge >= 0.3 is 0 Å². The minimum atomic E-state index is -2.57. The second kappa shape index (κ2) is 9.84. The van der Waals surface area contributed by atoms with Crippen LogP contribution in [0.3, 0.4) is 0 Å². The number of fused-ring (bicyclic) bond motifs is 17. The van der Waals surface area contributed by atoms with E-state index in [1.54, 1.807) is 0 Å². The van der Waals surface area contributed by atoms with Gasteiger partial charge in [-0.2, -0.15) is 0 Å². The third-order valence-electron chi connectivity index (χ3n) is 11.7. The summed E-state index contributed by atoms with van der Waals surface area (Å²) >= 11 is 0. The Kier molecular flexibility index (Phi) is 5.29. The van der Waals surface area contributed by atoms with E-state index >= 15 is 0 Å². The van der Waals surface area contributed by atoms with Crippen molar-refractivity contribution in [2.45, 2.75) is 0 Å². The van der Waals surface area contributed by atoms with Crippen LogP contribution in [0.2, 0.25) is 0 Å². The normalized spacial score (nSPS) is 13.6. The van der Waals surface area contributed by atoms with Gasteiger partial charge in [-0.3, -0.25) is 0 Å². The van der Waals surface area contributed by atoms with E-state index in [2.05, 4.69) is 191 Å². The van der Waals surface area contributed by atoms with Gasteiger partial charge in [0.05, 0.1) is 22.1 Å². The van der Waals surface area contributed by atoms with Crippen LogP contribution in [0, 0.1) is 0 Å². The molecular formula is C48H30N2Si. The lowest BCUT2D eigenvalue weighted by Crippen LogP contribution is -2.70. The molecule has 4 heterocycles. The van der Waals surface area contributed by atoms with Crippen LogP contribution in [0.4, 0.5) is 0 Å². The molecule has 0 aliphatic carbocycles. The van der Waals surface area contributed by atoms with E-state index in [0.29, 0.717) is 0 Å². The van der Waals surface area contributed by atoms with Crippen LogP contribution in [-0.2, 0) is 0 Å². The van der Waals surface area contributed by atoms with Crippen molar-refractivity contribution in [1.82, 2.24) is 9.13 Å². The zero-order valence-corrected chi connectivity index (χ0v) is 28.7. The molecule has 12 rings (SSSR count). The average molecular weight is 663 g/mol. The summed E-state index contributed by atoms with van der Waals surface area (Å²) < 4.78 is 4.99. The highest BCUT2D eigenvalue weighted by Crippen LogP contribution is 2.43. The summed E-state index contributed by atoms with van der Waals surface area (Å²) in [5.74, 6) is 0. The van der Waals surface area contributed by atoms with Crippen LogP contribution in [0.1, 0.15) is 0 Å². The molecule has 8 aromatic carbocycles. The second-order valence-electron chi connectivity index (χ2n) is 14.0. The fraction of sp³-hybridized carbons (Fsp3) is 0. The standard InChI is InChI=1S/C48H30N2Si/c1-2-14-31(15-3-1)50-40-21-9-4-16-33(40)38-28-29-42-47(48(38)50)39-20-5-10-22-41(39)49(42)32-26-27-37-36-19-8-13-25-45(36)51(46(37)30-32)43-23-11-6-17-34(43)35-18-7-12-24-44(35)51/h1-30H. The molecule has 0 radical (unpaired) electrons. The molecule has 0 saturated carbocycles. The lowest BCUT2D eigenvalue weighted by molar-refractivity contribution is 1.18. The molecule has 2 aliphatic heterocycles. The van der Waals surface area contributed by atoms with E-state index in [9.17, 15) is 0 Å². The van der Waals surface area contributed by atoms with E-state index in [-0.39, 0.29) is 0 Å². The molecule has 2 aromatic heterocycles. The number of nitrogens with zero attached hydrogens (tertiary/aromatic N) is 2. The Morgan fingerprint density at radius 1 is 0.314 bits per heavy atom. The molecule has 2 aliphatic rings. The molecule has 10 aromatic rings. The molecule has 3 heteroatoms. The van der Waals surface area contributed by atoms with Crippen LogP contribution >= 0.6 is 0 Å². The predicted molar refractivity (Wildman–Crippen MR) is 217 cm³/mol. The van der Waals surface area contributed by atoms with Crippen molar-refractivity contribution >= 4 is 72.4 Å². The molecule has 0 atom stereocenters. The average Bonchev–Trinajstić information content (AvgIpc) is 3.90. The van der Waals surface area contributed by atoms with Crippen molar-refractivity contribution in [1.29, 1.82) is 0 Å². The molecule has 236 valence electrons. The van der Waals surface area contributed by atoms with Gasteiger partial charge in [0.1, 0.15) is 0 Å². The number of benzene rings is 8. The van der Waals surface area contributed by atoms with Crippen molar-refractivity contribution in [2.75, 3.05) is 0 Å². The van der Waals surface area contributed by atoms with Crippen molar-refractivity contribution in [3.8, 4) is 33.6 Å². The molecular weight excluding hydrogens is 633 g/mol. The van der Waals surface area contributed by atoms with Crippen LogP contribution in [0.15, 0.2) is 182 Å². The van der Waals surface area contributed by atoms with E-state index in [1.807, 2.05) is 0 Å². The molecule has 0 fully saturated rings. The van der Waals surface area contributed by atoms with Gasteiger partial charge in [-0.05, 0) is 85.5 Å². The predicted octanol–water partition coefficient (Wildman–Crippen LogP) is 9.22. The summed E-state index contributed by atoms with van der Waals surface area (Å²) in [6, 6.07) is 68.3. The Hall–Kier alpha value is -6.42. The Morgan fingerprint density at radius 2 is 0.843 bits per heavy atom. The highest BCUT2D eigenvalue weighted by Gasteiger charge is 2.53. The van der Waals surface area contributed by atoms with Crippen molar-refractivity contribution < 1.29 is 0 Å². The van der Waals surface area contributed by atoms with E-state index in [4.69, 9.17) is 0 Å². The van der Waals surface area contributed by atoms with Crippen LogP contribution < -0.4 is 20.7 Å². The summed E-state index contributed by atoms with van der Waals surface area (Å²) in [6.07, 6.45) is 0. The summed E-state index contributed by atoms with van der Waals surface area (Å²) in [6.45, 7) is 0. The molecule has 1 spiro atoms. The Morgan fingerprint density at radius 3 is 1.51 bits per heavy atom. The Balaban J connectivity index is 1.21. The number of hydrogen-bond donors (Lipinski definition) is 0. The maximum absolute atomic E-state index is 2.57. The SMILES string of the molecule is c1ccc(-n2c3ccccc3c3ccc4c(c5ccccc5n4-c4ccc5c(c4)[Si]4(c6ccccc6-c6ccccc64)c4ccccc4-5)c32)cc1. The van der Waals surface area contributed by atoms with Crippen molar-refractivity contribution in [3.05, 3.63) is 182 Å². The summed E-state index contributed by atoms with van der Waals surface area (Å²) in [7, 11) is -2.57. The fourth-order valence-electron chi connectivity index (χ4n) is 9.85. The van der Waals surface area contributed by atoms with Gasteiger partial charge in [-0.1, -0.05) is 140 Å². The van der Waals surface area contributed by atoms with Gasteiger partial charge in [0.25, 0.3) is 0 Å². The minimum Gasteiger partial charge on any atom is -0.309 e. The zero-order chi connectivity index (χ0) is 33.3. The quantitative estimate of drug-likeness (QED) is 0.163. The van der Waals surface area contributed by atoms with E-state index < -0.39 is 8.07 Å². The van der Waals surface area contributed by atoms with Crippen molar-refractivity contribution in [2.24, 2.45) is 0 Å². The maximum Gasteiger partial charge on any atom is 0.182 e. The summed E-state index contributed by atoms with van der Waals surface area (Å²) in [5, 5.41) is 11.1. The monoisotopic (exact) mass is 662 g/mol. The van der Waals surface area contributed by atoms with Crippen LogP contribution in [0.5, 0.6) is 0 Å². The fourth-order valence-corrected chi connectivity index (χ4v) is 15.5. The third-order valence-corrected chi connectivity index (χ3v) is 16.7. The summed E-state index contributed by atoms with van der Waals surface area (Å²) in [5.41, 5.74) is 12.9. The van der Waals surface area contributed by atoms with Gasteiger partial charge in [0.2, 0.25) is 0 Å². The van der Waals surface area contributed by atoms with Gasteiger partial charge < -0.3 is 9.13 Å². The highest BCUT2D eigenvalue weighted by molar-refractivity contribution is 7.24. The lowest BCUT2D eigenvalue weighted by atomic mass is 10.1. The van der Waals surface area contributed by atoms with E-state index in [1.165, 1.54) is 98.0 Å². The number of aromatic nitrogens is 2. The lowest BCUT2D eigenvalue weighted by Gasteiger charge is -2.28. The minimum absolute atomic E-state index is 1.18. The van der Waals surface area contributed by atoms with Gasteiger partial charge in [-0.25, -0.2) is 0 Å². The summed E-state index contributed by atoms with van der Waals surface area (Å²) in [4.78, 5) is 0. The smallest absolute Gasteiger partial charge is 0.182 e. The van der Waals surface area contributed by atoms with Gasteiger partial charge in [0.15, 0.2) is 8.07 Å². The molecule has 2 nitrogen and oxygen atoms in total. The largest absolute Gasteiger partial charge is 0.309 e. The van der Waals surface area contributed by atoms with Crippen LogP contribution in [-0.4, -0.2) is 17.2 Å². The number of para-hydroxylation sites is 3. The van der Waals surface area contributed by atoms with Gasteiger partial charge in [-0.15, -0.1) is 0 Å². The zero-order valence-electron chi connectivity index (χ0n) is 27.7. The topological polar surface area (TPSA) is 9.86 Å². The first kappa shape index (κ1) is 27.4. The first-order valence-electron chi connectivity index (χ1n) is 17.8. The van der Waals surface area contributed by atoms with Crippen LogP contribution in [0.25, 0.3) is 77.2 Å². The number of rotatable bonds is 2. The molecule has 51 heavy (non-hydrogen) atoms. The molecule has 0 amide bonds. The molecule has 0 unspecified atom stereocenters. The second-order valence-corrected chi connectivity index (χ2v) is 17.7. The van der Waals surface area contributed by atoms with Crippen molar-refractivity contribution in [3.63, 3.8) is 0 Å². The highest BCUT2D eigenvalue weighted by atomic mass is 28.3. The molecule has 0 saturated heterocycles.